The van der Waals surface area contributed by atoms with Crippen LogP contribution in [0.25, 0.3) is 0 Å². The molecule has 0 amide bonds. The third-order valence-electron chi connectivity index (χ3n) is 3.70. The summed E-state index contributed by atoms with van der Waals surface area (Å²) in [6, 6.07) is 0.489. The Labute approximate surface area is 132 Å². The Kier molecular flexibility index (Phi) is 7.67. The van der Waals surface area contributed by atoms with Gasteiger partial charge in [0, 0.05) is 24.5 Å². The van der Waals surface area contributed by atoms with E-state index in [4.69, 9.17) is 0 Å². The van der Waals surface area contributed by atoms with E-state index in [0.29, 0.717) is 6.04 Å². The summed E-state index contributed by atoms with van der Waals surface area (Å²) in [5.41, 5.74) is 1.12. The first-order chi connectivity index (χ1) is 10.0. The average Bonchev–Trinajstić information content (AvgIpc) is 2.79. The summed E-state index contributed by atoms with van der Waals surface area (Å²) in [5, 5.41) is 7.81. The van der Waals surface area contributed by atoms with E-state index in [0.717, 1.165) is 42.8 Å². The van der Waals surface area contributed by atoms with Crippen LogP contribution in [-0.4, -0.2) is 48.6 Å². The highest BCUT2D eigenvalue weighted by molar-refractivity contribution is 7.11. The first-order valence-electron chi connectivity index (χ1n) is 7.63. The molecule has 0 radical (unpaired) electrons. The number of rotatable bonds is 7. The number of hydrogen-bond donors (Lipinski definition) is 2. The van der Waals surface area contributed by atoms with E-state index in [1.807, 2.05) is 6.92 Å². The summed E-state index contributed by atoms with van der Waals surface area (Å²) >= 11 is 1.74. The molecule has 0 bridgehead atoms. The standard InChI is InChI=1S/C15H29N5S/c1-7-20(8-2)11(3)9-17-15(16-6)18-10-14-19-12(4)13(5)21-14/h11H,7-10H2,1-6H3,(H2,16,17,18). The molecule has 0 aliphatic carbocycles. The zero-order valence-electron chi connectivity index (χ0n) is 14.2. The zero-order chi connectivity index (χ0) is 15.8. The van der Waals surface area contributed by atoms with Crippen LogP contribution in [0.15, 0.2) is 4.99 Å². The summed E-state index contributed by atoms with van der Waals surface area (Å²) in [6.45, 7) is 14.5. The molecule has 1 atom stereocenters. The molecule has 5 nitrogen and oxygen atoms in total. The second-order valence-corrected chi connectivity index (χ2v) is 6.41. The molecule has 0 saturated heterocycles. The van der Waals surface area contributed by atoms with Gasteiger partial charge in [-0.3, -0.25) is 9.89 Å². The molecular formula is C15H29N5S. The van der Waals surface area contributed by atoms with Gasteiger partial charge in [0.15, 0.2) is 5.96 Å². The van der Waals surface area contributed by atoms with Crippen molar-refractivity contribution >= 4 is 17.3 Å². The molecule has 1 aromatic rings. The van der Waals surface area contributed by atoms with Crippen LogP contribution in [0.3, 0.4) is 0 Å². The maximum absolute atomic E-state index is 4.53. The molecule has 1 unspecified atom stereocenters. The van der Waals surface area contributed by atoms with Crippen molar-refractivity contribution < 1.29 is 0 Å². The Morgan fingerprint density at radius 2 is 1.95 bits per heavy atom. The molecule has 1 rings (SSSR count). The number of thiazole rings is 1. The number of aromatic nitrogens is 1. The summed E-state index contributed by atoms with van der Waals surface area (Å²) in [6.07, 6.45) is 0. The lowest BCUT2D eigenvalue weighted by Gasteiger charge is -2.27. The zero-order valence-corrected chi connectivity index (χ0v) is 15.0. The van der Waals surface area contributed by atoms with Crippen LogP contribution in [0.1, 0.15) is 36.3 Å². The Morgan fingerprint density at radius 3 is 2.43 bits per heavy atom. The number of guanidine groups is 1. The molecule has 120 valence electrons. The van der Waals surface area contributed by atoms with Crippen LogP contribution in [0.2, 0.25) is 0 Å². The smallest absolute Gasteiger partial charge is 0.191 e. The fourth-order valence-corrected chi connectivity index (χ4v) is 3.09. The van der Waals surface area contributed by atoms with Crippen molar-refractivity contribution in [1.29, 1.82) is 0 Å². The molecule has 6 heteroatoms. The van der Waals surface area contributed by atoms with Gasteiger partial charge in [0.2, 0.25) is 0 Å². The van der Waals surface area contributed by atoms with E-state index in [1.54, 1.807) is 18.4 Å². The minimum Gasteiger partial charge on any atom is -0.355 e. The Hall–Kier alpha value is -1.14. The lowest BCUT2D eigenvalue weighted by atomic mass is 10.3. The van der Waals surface area contributed by atoms with Gasteiger partial charge >= 0.3 is 0 Å². The van der Waals surface area contributed by atoms with E-state index < -0.39 is 0 Å². The van der Waals surface area contributed by atoms with Gasteiger partial charge in [-0.2, -0.15) is 0 Å². The Morgan fingerprint density at radius 1 is 1.29 bits per heavy atom. The van der Waals surface area contributed by atoms with Crippen LogP contribution < -0.4 is 10.6 Å². The quantitative estimate of drug-likeness (QED) is 0.598. The van der Waals surface area contributed by atoms with Crippen LogP contribution in [0, 0.1) is 13.8 Å². The summed E-state index contributed by atoms with van der Waals surface area (Å²) in [7, 11) is 1.80. The fourth-order valence-electron chi connectivity index (χ4n) is 2.22. The molecule has 0 saturated carbocycles. The van der Waals surface area contributed by atoms with Gasteiger partial charge in [-0.15, -0.1) is 11.3 Å². The predicted octanol–water partition coefficient (Wildman–Crippen LogP) is 2.16. The van der Waals surface area contributed by atoms with Gasteiger partial charge in [-0.05, 0) is 33.9 Å². The predicted molar refractivity (Wildman–Crippen MR) is 92.2 cm³/mol. The van der Waals surface area contributed by atoms with Gasteiger partial charge in [0.1, 0.15) is 5.01 Å². The lowest BCUT2D eigenvalue weighted by molar-refractivity contribution is 0.231. The highest BCUT2D eigenvalue weighted by atomic mass is 32.1. The van der Waals surface area contributed by atoms with Crippen LogP contribution in [-0.2, 0) is 6.54 Å². The van der Waals surface area contributed by atoms with Gasteiger partial charge in [-0.1, -0.05) is 13.8 Å². The van der Waals surface area contributed by atoms with Crippen molar-refractivity contribution in [2.24, 2.45) is 4.99 Å². The number of aliphatic imine (C=N–C) groups is 1. The Balaban J connectivity index is 2.42. The molecule has 21 heavy (non-hydrogen) atoms. The summed E-state index contributed by atoms with van der Waals surface area (Å²) < 4.78 is 0. The number of aryl methyl sites for hydroxylation is 2. The van der Waals surface area contributed by atoms with Crippen molar-refractivity contribution in [3.05, 3.63) is 15.6 Å². The first-order valence-corrected chi connectivity index (χ1v) is 8.44. The van der Waals surface area contributed by atoms with Crippen molar-refractivity contribution in [3.63, 3.8) is 0 Å². The second-order valence-electron chi connectivity index (χ2n) is 5.13. The monoisotopic (exact) mass is 311 g/mol. The highest BCUT2D eigenvalue weighted by Crippen LogP contribution is 2.15. The molecule has 0 spiro atoms. The average molecular weight is 311 g/mol. The number of hydrogen-bond acceptors (Lipinski definition) is 4. The molecule has 1 aromatic heterocycles. The van der Waals surface area contributed by atoms with Gasteiger partial charge in [0.05, 0.1) is 12.2 Å². The minimum absolute atomic E-state index is 0.489. The number of likely N-dealkylation sites (N-methyl/N-ethyl adjacent to an activating group) is 1. The van der Waals surface area contributed by atoms with Gasteiger partial charge in [-0.25, -0.2) is 4.98 Å². The highest BCUT2D eigenvalue weighted by Gasteiger charge is 2.10. The van der Waals surface area contributed by atoms with Gasteiger partial charge < -0.3 is 10.6 Å². The van der Waals surface area contributed by atoms with Crippen molar-refractivity contribution in [1.82, 2.24) is 20.5 Å². The van der Waals surface area contributed by atoms with Crippen molar-refractivity contribution in [3.8, 4) is 0 Å². The second kappa shape index (κ2) is 9.00. The third-order valence-corrected chi connectivity index (χ3v) is 4.78. The first kappa shape index (κ1) is 17.9. The van der Waals surface area contributed by atoms with Gasteiger partial charge in [0.25, 0.3) is 0 Å². The molecule has 0 aliphatic rings. The summed E-state index contributed by atoms with van der Waals surface area (Å²) in [4.78, 5) is 12.5. The molecule has 0 aliphatic heterocycles. The topological polar surface area (TPSA) is 52.5 Å². The lowest BCUT2D eigenvalue weighted by Crippen LogP contribution is -2.45. The van der Waals surface area contributed by atoms with Crippen LogP contribution in [0.5, 0.6) is 0 Å². The van der Waals surface area contributed by atoms with E-state index in [2.05, 4.69) is 53.2 Å². The van der Waals surface area contributed by atoms with Crippen LogP contribution >= 0.6 is 11.3 Å². The largest absolute Gasteiger partial charge is 0.355 e. The Bertz CT molecular complexity index is 431. The SMILES string of the molecule is CCN(CC)C(C)CNC(=NC)NCc1nc(C)c(C)s1. The maximum atomic E-state index is 4.53. The van der Waals surface area contributed by atoms with Crippen molar-refractivity contribution in [2.45, 2.75) is 47.2 Å². The van der Waals surface area contributed by atoms with Crippen molar-refractivity contribution in [2.75, 3.05) is 26.7 Å². The minimum atomic E-state index is 0.489. The third kappa shape index (κ3) is 5.63. The van der Waals surface area contributed by atoms with E-state index in [1.165, 1.54) is 4.88 Å². The van der Waals surface area contributed by atoms with Crippen LogP contribution in [0.4, 0.5) is 0 Å². The molecule has 0 aromatic carbocycles. The normalized spacial score (nSPS) is 13.6. The maximum Gasteiger partial charge on any atom is 0.191 e. The van der Waals surface area contributed by atoms with E-state index >= 15 is 0 Å². The molecular weight excluding hydrogens is 282 g/mol. The molecule has 1 heterocycles. The van der Waals surface area contributed by atoms with E-state index in [-0.39, 0.29) is 0 Å². The number of nitrogens with one attached hydrogen (secondary N) is 2. The fraction of sp³-hybridized carbons (Fsp3) is 0.733. The number of nitrogens with zero attached hydrogens (tertiary/aromatic N) is 3. The summed E-state index contributed by atoms with van der Waals surface area (Å²) in [5.74, 6) is 0.833. The molecule has 2 N–H and O–H groups in total. The van der Waals surface area contributed by atoms with E-state index in [9.17, 15) is 0 Å². The molecule has 0 fully saturated rings.